The molecule has 0 aromatic heterocycles. The van der Waals surface area contributed by atoms with Crippen molar-refractivity contribution in [3.8, 4) is 0 Å². The van der Waals surface area contributed by atoms with Crippen molar-refractivity contribution in [2.24, 2.45) is 0 Å². The molecule has 1 heterocycles. The van der Waals surface area contributed by atoms with Crippen molar-refractivity contribution in [2.75, 3.05) is 6.54 Å². The van der Waals surface area contributed by atoms with E-state index in [-0.39, 0.29) is 25.1 Å². The number of hydrogen-bond donors (Lipinski definition) is 2. The molecule has 8 heteroatoms. The Bertz CT molecular complexity index is 495. The van der Waals surface area contributed by atoms with Crippen molar-refractivity contribution < 1.29 is 23.5 Å². The van der Waals surface area contributed by atoms with Crippen molar-refractivity contribution in [1.82, 2.24) is 16.0 Å². The van der Waals surface area contributed by atoms with Crippen LogP contribution < -0.4 is 11.0 Å². The number of esters is 2. The van der Waals surface area contributed by atoms with Gasteiger partial charge in [0.15, 0.2) is 5.70 Å². The van der Waals surface area contributed by atoms with Crippen LogP contribution in [0.2, 0.25) is 0 Å². The van der Waals surface area contributed by atoms with E-state index in [0.29, 0.717) is 0 Å². The monoisotopic (exact) mass is 345 g/mol. The lowest BCUT2D eigenvalue weighted by Crippen LogP contribution is -2.41. The molecule has 0 aromatic carbocycles. The molecule has 0 aliphatic carbocycles. The number of alkyl halides is 1. The minimum absolute atomic E-state index is 0.00232. The maximum atomic E-state index is 14.0. The Hall–Kier alpha value is -1.83. The van der Waals surface area contributed by atoms with Gasteiger partial charge in [-0.2, -0.15) is 0 Å². The van der Waals surface area contributed by atoms with Crippen molar-refractivity contribution >= 4 is 11.9 Å². The predicted molar refractivity (Wildman–Crippen MR) is 86.9 cm³/mol. The molecular formula is C16H28FN3O4. The van der Waals surface area contributed by atoms with Crippen LogP contribution in [0.5, 0.6) is 0 Å². The van der Waals surface area contributed by atoms with Crippen LogP contribution in [0.1, 0.15) is 54.4 Å². The van der Waals surface area contributed by atoms with Crippen molar-refractivity contribution in [3.05, 3.63) is 11.9 Å². The number of nitrogens with one attached hydrogen (secondary N) is 2. The van der Waals surface area contributed by atoms with Gasteiger partial charge in [-0.1, -0.05) is 0 Å². The second-order valence-electron chi connectivity index (χ2n) is 7.66. The minimum atomic E-state index is -1.25. The molecule has 1 atom stereocenters. The van der Waals surface area contributed by atoms with Crippen LogP contribution >= 0.6 is 0 Å². The van der Waals surface area contributed by atoms with Crippen LogP contribution in [0.15, 0.2) is 11.9 Å². The number of carbonyl (C=O) groups is 2. The van der Waals surface area contributed by atoms with Crippen LogP contribution in [0.3, 0.4) is 0 Å². The van der Waals surface area contributed by atoms with Gasteiger partial charge >= 0.3 is 11.9 Å². The third-order valence-corrected chi connectivity index (χ3v) is 2.71. The molecule has 0 saturated carbocycles. The van der Waals surface area contributed by atoms with E-state index < -0.39 is 29.3 Å². The summed E-state index contributed by atoms with van der Waals surface area (Å²) in [5.74, 6) is -0.954. The molecule has 0 radical (unpaired) electrons. The molecule has 0 aromatic rings. The molecule has 0 spiro atoms. The Kier molecular flexibility index (Phi) is 6.59. The number of halogens is 1. The number of ether oxygens (including phenoxy) is 2. The molecule has 0 bridgehead atoms. The average Bonchev–Trinajstić information content (AvgIpc) is 2.81. The Morgan fingerprint density at radius 3 is 2.29 bits per heavy atom. The van der Waals surface area contributed by atoms with Crippen molar-refractivity contribution in [2.45, 2.75) is 71.8 Å². The molecule has 0 saturated heterocycles. The van der Waals surface area contributed by atoms with Crippen LogP contribution in [0, 0.1) is 0 Å². The molecule has 0 unspecified atom stereocenters. The Balaban J connectivity index is 2.39. The first-order valence-corrected chi connectivity index (χ1v) is 7.95. The van der Waals surface area contributed by atoms with E-state index >= 15 is 0 Å². The lowest BCUT2D eigenvalue weighted by molar-refractivity contribution is -0.155. The SMILES string of the molecule is CC(C)(C)OC(=O)CC[C@@H](F)CN1C=C(C(=O)OC(C)(C)C)NN1. The third-order valence-electron chi connectivity index (χ3n) is 2.71. The van der Waals surface area contributed by atoms with Gasteiger partial charge in [-0.25, -0.2) is 9.18 Å². The van der Waals surface area contributed by atoms with E-state index in [0.717, 1.165) is 0 Å². The first-order chi connectivity index (χ1) is 10.9. The number of nitrogens with zero attached hydrogens (tertiary/aromatic N) is 1. The summed E-state index contributed by atoms with van der Waals surface area (Å²) in [5.41, 5.74) is 4.31. The third kappa shape index (κ3) is 8.14. The lowest BCUT2D eigenvalue weighted by Gasteiger charge is -2.20. The number of carbonyl (C=O) groups excluding carboxylic acids is 2. The molecule has 138 valence electrons. The van der Waals surface area contributed by atoms with Crippen LogP contribution in [0.4, 0.5) is 4.39 Å². The molecule has 1 aliphatic heterocycles. The standard InChI is InChI=1S/C16H28FN3O4/c1-15(2,3)23-13(21)8-7-11(17)9-20-10-12(18-19-20)14(22)24-16(4,5)6/h10-11,18-19H,7-9H2,1-6H3/t11-/m1/s1. The normalized spacial score (nSPS) is 16.3. The van der Waals surface area contributed by atoms with Crippen LogP contribution in [-0.2, 0) is 19.1 Å². The summed E-state index contributed by atoms with van der Waals surface area (Å²) in [6.45, 7) is 10.6. The van der Waals surface area contributed by atoms with E-state index in [1.807, 2.05) is 0 Å². The van der Waals surface area contributed by atoms with Gasteiger partial charge in [0.05, 0.1) is 6.54 Å². The fourth-order valence-electron chi connectivity index (χ4n) is 1.86. The van der Waals surface area contributed by atoms with Gasteiger partial charge in [-0.05, 0) is 48.0 Å². The summed E-state index contributed by atoms with van der Waals surface area (Å²) in [6.07, 6.45) is 0.236. The Morgan fingerprint density at radius 1 is 1.17 bits per heavy atom. The summed E-state index contributed by atoms with van der Waals surface area (Å²) in [5, 5.41) is 1.40. The van der Waals surface area contributed by atoms with Crippen molar-refractivity contribution in [1.29, 1.82) is 0 Å². The number of hydrazine groups is 2. The van der Waals surface area contributed by atoms with E-state index in [2.05, 4.69) is 11.0 Å². The van der Waals surface area contributed by atoms with Crippen molar-refractivity contribution in [3.63, 3.8) is 0 Å². The smallest absolute Gasteiger partial charge is 0.357 e. The van der Waals surface area contributed by atoms with Gasteiger partial charge in [0.2, 0.25) is 0 Å². The van der Waals surface area contributed by atoms with E-state index in [1.54, 1.807) is 41.5 Å². The average molecular weight is 345 g/mol. The summed E-state index contributed by atoms with van der Waals surface area (Å²) in [7, 11) is 0. The first-order valence-electron chi connectivity index (χ1n) is 7.95. The molecule has 1 rings (SSSR count). The first kappa shape index (κ1) is 20.2. The van der Waals surface area contributed by atoms with Crippen LogP contribution in [-0.4, -0.2) is 40.9 Å². The summed E-state index contributed by atoms with van der Waals surface area (Å²) >= 11 is 0. The Morgan fingerprint density at radius 2 is 1.75 bits per heavy atom. The zero-order valence-electron chi connectivity index (χ0n) is 15.2. The summed E-state index contributed by atoms with van der Waals surface area (Å²) < 4.78 is 24.3. The van der Waals surface area contributed by atoms with E-state index in [4.69, 9.17) is 9.47 Å². The van der Waals surface area contributed by atoms with E-state index in [1.165, 1.54) is 11.2 Å². The van der Waals surface area contributed by atoms with E-state index in [9.17, 15) is 14.0 Å². The highest BCUT2D eigenvalue weighted by molar-refractivity contribution is 5.88. The number of rotatable bonds is 6. The van der Waals surface area contributed by atoms with Gasteiger partial charge in [0.25, 0.3) is 0 Å². The quantitative estimate of drug-likeness (QED) is 0.712. The highest BCUT2D eigenvalue weighted by Gasteiger charge is 2.25. The fourth-order valence-corrected chi connectivity index (χ4v) is 1.86. The summed E-state index contributed by atoms with van der Waals surface area (Å²) in [6, 6.07) is 0. The highest BCUT2D eigenvalue weighted by Crippen LogP contribution is 2.14. The van der Waals surface area contributed by atoms with Gasteiger partial charge < -0.3 is 9.47 Å². The van der Waals surface area contributed by atoms with Gasteiger partial charge in [-0.15, -0.1) is 5.53 Å². The topological polar surface area (TPSA) is 79.9 Å². The van der Waals surface area contributed by atoms with Gasteiger partial charge in [0, 0.05) is 12.6 Å². The second-order valence-corrected chi connectivity index (χ2v) is 7.66. The second kappa shape index (κ2) is 7.83. The number of hydrogen-bond acceptors (Lipinski definition) is 7. The van der Waals surface area contributed by atoms with Gasteiger partial charge in [0.1, 0.15) is 17.4 Å². The highest BCUT2D eigenvalue weighted by atomic mass is 19.1. The molecule has 0 fully saturated rings. The summed E-state index contributed by atoms with van der Waals surface area (Å²) in [4.78, 5) is 23.4. The predicted octanol–water partition coefficient (Wildman–Crippen LogP) is 1.95. The zero-order valence-corrected chi connectivity index (χ0v) is 15.2. The molecule has 1 aliphatic rings. The zero-order chi connectivity index (χ0) is 18.5. The minimum Gasteiger partial charge on any atom is -0.460 e. The Labute approximate surface area is 142 Å². The molecule has 24 heavy (non-hydrogen) atoms. The van der Waals surface area contributed by atoms with Gasteiger partial charge in [-0.3, -0.25) is 15.2 Å². The maximum Gasteiger partial charge on any atom is 0.357 e. The molecular weight excluding hydrogens is 317 g/mol. The fraction of sp³-hybridized carbons (Fsp3) is 0.750. The largest absolute Gasteiger partial charge is 0.460 e. The lowest BCUT2D eigenvalue weighted by atomic mass is 10.1. The van der Waals surface area contributed by atoms with Crippen LogP contribution in [0.25, 0.3) is 0 Å². The molecule has 0 amide bonds. The maximum absolute atomic E-state index is 14.0. The molecule has 2 N–H and O–H groups in total. The molecule has 7 nitrogen and oxygen atoms in total.